The lowest BCUT2D eigenvalue weighted by Gasteiger charge is -2.22. The van der Waals surface area contributed by atoms with Gasteiger partial charge in [0.2, 0.25) is 11.8 Å². The molecular weight excluding hydrogens is 259 g/mol. The molecule has 4 nitrogen and oxygen atoms in total. The molecule has 106 valence electrons. The number of aromatic nitrogens is 2. The van der Waals surface area contributed by atoms with Gasteiger partial charge in [-0.05, 0) is 25.7 Å². The van der Waals surface area contributed by atoms with Gasteiger partial charge in [-0.15, -0.1) is 0 Å². The Kier molecular flexibility index (Phi) is 4.11. The molecule has 1 heterocycles. The topological polar surface area (TPSA) is 47.0 Å². The third kappa shape index (κ3) is 3.71. The van der Waals surface area contributed by atoms with Crippen molar-refractivity contribution in [1.82, 2.24) is 9.97 Å². The minimum atomic E-state index is -4.50. The number of halogens is 3. The quantitative estimate of drug-likeness (QED) is 0.919. The standard InChI is InChI=1S/C12H16F3N3O/c1-16-11-17-9(12(13,14)15)7-10(18-11)19-8-5-3-2-4-6-8/h7-8H,2-6H2,1H3,(H,16,17,18). The lowest BCUT2D eigenvalue weighted by Crippen LogP contribution is -2.21. The number of nitrogens with zero attached hydrogens (tertiary/aromatic N) is 2. The van der Waals surface area contributed by atoms with Crippen LogP contribution in [0.4, 0.5) is 19.1 Å². The van der Waals surface area contributed by atoms with Crippen molar-refractivity contribution in [3.05, 3.63) is 11.8 Å². The first-order valence-corrected chi connectivity index (χ1v) is 6.30. The maximum Gasteiger partial charge on any atom is 0.433 e. The second kappa shape index (κ2) is 5.63. The van der Waals surface area contributed by atoms with E-state index in [1.54, 1.807) is 0 Å². The molecule has 1 aromatic heterocycles. The lowest BCUT2D eigenvalue weighted by molar-refractivity contribution is -0.141. The van der Waals surface area contributed by atoms with Crippen LogP contribution in [0.3, 0.4) is 0 Å². The highest BCUT2D eigenvalue weighted by molar-refractivity contribution is 5.31. The Labute approximate surface area is 109 Å². The minimum Gasteiger partial charge on any atom is -0.474 e. The molecule has 1 fully saturated rings. The number of hydrogen-bond donors (Lipinski definition) is 1. The van der Waals surface area contributed by atoms with Gasteiger partial charge in [-0.25, -0.2) is 4.98 Å². The SMILES string of the molecule is CNc1nc(OC2CCCCC2)cc(C(F)(F)F)n1. The molecule has 1 aliphatic rings. The molecule has 1 N–H and O–H groups in total. The number of alkyl halides is 3. The van der Waals surface area contributed by atoms with Crippen molar-refractivity contribution in [3.8, 4) is 5.88 Å². The van der Waals surface area contributed by atoms with E-state index >= 15 is 0 Å². The van der Waals surface area contributed by atoms with Crippen LogP contribution in [0.25, 0.3) is 0 Å². The highest BCUT2D eigenvalue weighted by Crippen LogP contribution is 2.31. The van der Waals surface area contributed by atoms with Crippen molar-refractivity contribution in [1.29, 1.82) is 0 Å². The predicted octanol–water partition coefficient (Wildman–Crippen LogP) is 3.25. The van der Waals surface area contributed by atoms with Crippen LogP contribution < -0.4 is 10.1 Å². The third-order valence-corrected chi connectivity index (χ3v) is 3.06. The van der Waals surface area contributed by atoms with Crippen molar-refractivity contribution in [2.24, 2.45) is 0 Å². The summed E-state index contributed by atoms with van der Waals surface area (Å²) in [6.07, 6.45) is 0.412. The smallest absolute Gasteiger partial charge is 0.433 e. The first-order valence-electron chi connectivity index (χ1n) is 6.30. The van der Waals surface area contributed by atoms with Gasteiger partial charge in [0.05, 0.1) is 0 Å². The van der Waals surface area contributed by atoms with Crippen molar-refractivity contribution in [2.45, 2.75) is 44.4 Å². The van der Waals surface area contributed by atoms with Crippen LogP contribution in [0.5, 0.6) is 5.88 Å². The van der Waals surface area contributed by atoms with Crippen molar-refractivity contribution >= 4 is 5.95 Å². The van der Waals surface area contributed by atoms with Crippen LogP contribution >= 0.6 is 0 Å². The van der Waals surface area contributed by atoms with Gasteiger partial charge in [0.1, 0.15) is 6.10 Å². The van der Waals surface area contributed by atoms with E-state index in [9.17, 15) is 13.2 Å². The first-order chi connectivity index (χ1) is 8.99. The van der Waals surface area contributed by atoms with Crippen molar-refractivity contribution in [2.75, 3.05) is 12.4 Å². The highest BCUT2D eigenvalue weighted by Gasteiger charge is 2.34. The predicted molar refractivity (Wildman–Crippen MR) is 64.1 cm³/mol. The summed E-state index contributed by atoms with van der Waals surface area (Å²) < 4.78 is 43.6. The molecule has 1 aromatic rings. The molecule has 0 radical (unpaired) electrons. The molecule has 0 atom stereocenters. The van der Waals surface area contributed by atoms with Crippen LogP contribution in [-0.4, -0.2) is 23.1 Å². The number of ether oxygens (including phenoxy) is 1. The normalized spacial score (nSPS) is 17.3. The Balaban J connectivity index is 2.19. The first kappa shape index (κ1) is 13.9. The Morgan fingerprint density at radius 3 is 2.47 bits per heavy atom. The fraction of sp³-hybridized carbons (Fsp3) is 0.667. The van der Waals surface area contributed by atoms with Crippen LogP contribution in [-0.2, 0) is 6.18 Å². The Morgan fingerprint density at radius 2 is 1.89 bits per heavy atom. The largest absolute Gasteiger partial charge is 0.474 e. The Hall–Kier alpha value is -1.53. The van der Waals surface area contributed by atoms with E-state index in [4.69, 9.17) is 4.74 Å². The van der Waals surface area contributed by atoms with Crippen molar-refractivity contribution < 1.29 is 17.9 Å². The number of anilines is 1. The molecule has 1 saturated carbocycles. The molecule has 0 aromatic carbocycles. The number of rotatable bonds is 3. The van der Waals surface area contributed by atoms with E-state index in [0.29, 0.717) is 0 Å². The van der Waals surface area contributed by atoms with Crippen LogP contribution in [0, 0.1) is 0 Å². The zero-order valence-electron chi connectivity index (χ0n) is 10.6. The summed E-state index contributed by atoms with van der Waals surface area (Å²) in [6.45, 7) is 0. The summed E-state index contributed by atoms with van der Waals surface area (Å²) in [5, 5.41) is 2.51. The van der Waals surface area contributed by atoms with Crippen LogP contribution in [0.2, 0.25) is 0 Å². The fourth-order valence-corrected chi connectivity index (χ4v) is 2.10. The summed E-state index contributed by atoms with van der Waals surface area (Å²) in [4.78, 5) is 7.30. The molecule has 0 bridgehead atoms. The van der Waals surface area contributed by atoms with Gasteiger partial charge >= 0.3 is 6.18 Å². The number of nitrogens with one attached hydrogen (secondary N) is 1. The maximum absolute atomic E-state index is 12.7. The summed E-state index contributed by atoms with van der Waals surface area (Å²) in [5.41, 5.74) is -0.988. The van der Waals surface area contributed by atoms with Gasteiger partial charge < -0.3 is 10.1 Å². The molecule has 2 rings (SSSR count). The zero-order valence-corrected chi connectivity index (χ0v) is 10.6. The molecule has 0 unspecified atom stereocenters. The molecule has 0 saturated heterocycles. The summed E-state index contributed by atoms with van der Waals surface area (Å²) in [7, 11) is 1.47. The molecule has 0 aliphatic heterocycles. The molecule has 0 spiro atoms. The molecule has 19 heavy (non-hydrogen) atoms. The Bertz CT molecular complexity index is 431. The Morgan fingerprint density at radius 1 is 1.21 bits per heavy atom. The molecule has 1 aliphatic carbocycles. The van der Waals surface area contributed by atoms with Gasteiger partial charge in [-0.2, -0.15) is 18.2 Å². The zero-order chi connectivity index (χ0) is 13.9. The van der Waals surface area contributed by atoms with E-state index in [-0.39, 0.29) is 17.9 Å². The summed E-state index contributed by atoms with van der Waals surface area (Å²) in [5.74, 6) is -0.0980. The third-order valence-electron chi connectivity index (χ3n) is 3.06. The minimum absolute atomic E-state index is 0.0152. The van der Waals surface area contributed by atoms with Gasteiger partial charge in [-0.3, -0.25) is 0 Å². The molecular formula is C12H16F3N3O. The van der Waals surface area contributed by atoms with E-state index in [0.717, 1.165) is 38.2 Å². The second-order valence-corrected chi connectivity index (χ2v) is 4.54. The van der Waals surface area contributed by atoms with E-state index in [1.807, 2.05) is 0 Å². The van der Waals surface area contributed by atoms with Gasteiger partial charge in [0.25, 0.3) is 0 Å². The average Bonchev–Trinajstić information content (AvgIpc) is 2.38. The van der Waals surface area contributed by atoms with Crippen LogP contribution in [0.1, 0.15) is 37.8 Å². The second-order valence-electron chi connectivity index (χ2n) is 4.54. The van der Waals surface area contributed by atoms with E-state index < -0.39 is 11.9 Å². The summed E-state index contributed by atoms with van der Waals surface area (Å²) >= 11 is 0. The van der Waals surface area contributed by atoms with Gasteiger partial charge in [0.15, 0.2) is 5.69 Å². The number of hydrogen-bond acceptors (Lipinski definition) is 4. The highest BCUT2D eigenvalue weighted by atomic mass is 19.4. The monoisotopic (exact) mass is 275 g/mol. The van der Waals surface area contributed by atoms with Gasteiger partial charge in [-0.1, -0.05) is 6.42 Å². The summed E-state index contributed by atoms with van der Waals surface area (Å²) in [6, 6.07) is 0.857. The molecule has 0 amide bonds. The van der Waals surface area contributed by atoms with Crippen molar-refractivity contribution in [3.63, 3.8) is 0 Å². The lowest BCUT2D eigenvalue weighted by atomic mass is 9.98. The van der Waals surface area contributed by atoms with E-state index in [1.165, 1.54) is 7.05 Å². The molecule has 7 heteroatoms. The van der Waals surface area contributed by atoms with Gasteiger partial charge in [0, 0.05) is 13.1 Å². The maximum atomic E-state index is 12.7. The van der Waals surface area contributed by atoms with Crippen LogP contribution in [0.15, 0.2) is 6.07 Å². The fourth-order valence-electron chi connectivity index (χ4n) is 2.10. The average molecular weight is 275 g/mol. The van der Waals surface area contributed by atoms with E-state index in [2.05, 4.69) is 15.3 Å².